The van der Waals surface area contributed by atoms with E-state index >= 15 is 0 Å². The van der Waals surface area contributed by atoms with Crippen molar-refractivity contribution < 1.29 is 14.6 Å². The third-order valence-corrected chi connectivity index (χ3v) is 3.35. The van der Waals surface area contributed by atoms with Gasteiger partial charge in [0.1, 0.15) is 5.60 Å². The number of aryl methyl sites for hydroxylation is 1. The van der Waals surface area contributed by atoms with Crippen LogP contribution in [0.2, 0.25) is 5.02 Å². The van der Waals surface area contributed by atoms with Gasteiger partial charge in [0.25, 0.3) is 0 Å². The fourth-order valence-electron chi connectivity index (χ4n) is 2.33. The first-order chi connectivity index (χ1) is 8.05. The smallest absolute Gasteiger partial charge is 0.309 e. The number of hydrogen-bond donors (Lipinski definition) is 1. The Morgan fingerprint density at radius 1 is 1.59 bits per heavy atom. The Bertz CT molecular complexity index is 444. The van der Waals surface area contributed by atoms with Crippen molar-refractivity contribution in [2.24, 2.45) is 0 Å². The zero-order valence-corrected chi connectivity index (χ0v) is 10.5. The van der Waals surface area contributed by atoms with Crippen molar-refractivity contribution in [1.82, 2.24) is 0 Å². The van der Waals surface area contributed by atoms with Gasteiger partial charge in [-0.05, 0) is 43.0 Å². The summed E-state index contributed by atoms with van der Waals surface area (Å²) < 4.78 is 4.88. The molecule has 0 amide bonds. The first-order valence-electron chi connectivity index (χ1n) is 5.72. The van der Waals surface area contributed by atoms with Crippen molar-refractivity contribution >= 4 is 17.6 Å². The molecule has 0 spiro atoms. The summed E-state index contributed by atoms with van der Waals surface area (Å²) in [6.07, 6.45) is 1.29. The lowest BCUT2D eigenvalue weighted by Crippen LogP contribution is -2.27. The van der Waals surface area contributed by atoms with Gasteiger partial charge in [-0.15, -0.1) is 0 Å². The second kappa shape index (κ2) is 4.67. The standard InChI is InChI=1S/C13H15ClO3/c1-2-17-12(15)8-13(16)6-5-9-7-10(14)3-4-11(9)13/h3-4,7,16H,2,5-6,8H2,1H3. The van der Waals surface area contributed by atoms with Crippen LogP contribution in [0.4, 0.5) is 0 Å². The molecule has 0 aromatic heterocycles. The molecule has 0 radical (unpaired) electrons. The van der Waals surface area contributed by atoms with E-state index in [2.05, 4.69) is 0 Å². The maximum Gasteiger partial charge on any atom is 0.309 e. The lowest BCUT2D eigenvalue weighted by Gasteiger charge is -2.22. The van der Waals surface area contributed by atoms with Gasteiger partial charge in [-0.3, -0.25) is 4.79 Å². The highest BCUT2D eigenvalue weighted by molar-refractivity contribution is 6.30. The molecule has 1 aromatic rings. The highest BCUT2D eigenvalue weighted by Crippen LogP contribution is 2.40. The highest BCUT2D eigenvalue weighted by atomic mass is 35.5. The second-order valence-electron chi connectivity index (χ2n) is 4.31. The first kappa shape index (κ1) is 12.4. The molecule has 1 unspecified atom stereocenters. The molecule has 1 aliphatic rings. The number of halogens is 1. The van der Waals surface area contributed by atoms with Gasteiger partial charge >= 0.3 is 5.97 Å². The molecular weight excluding hydrogens is 240 g/mol. The normalized spacial score (nSPS) is 22.3. The van der Waals surface area contributed by atoms with Crippen molar-refractivity contribution in [2.75, 3.05) is 6.61 Å². The summed E-state index contributed by atoms with van der Waals surface area (Å²) in [6.45, 7) is 2.09. The van der Waals surface area contributed by atoms with E-state index < -0.39 is 5.60 Å². The number of benzene rings is 1. The molecule has 1 aromatic carbocycles. The van der Waals surface area contributed by atoms with Gasteiger partial charge in [0.05, 0.1) is 13.0 Å². The molecule has 0 fully saturated rings. The van der Waals surface area contributed by atoms with E-state index in [1.165, 1.54) is 0 Å². The molecule has 0 saturated heterocycles. The Hall–Kier alpha value is -1.06. The third kappa shape index (κ3) is 2.45. The predicted octanol–water partition coefficient (Wildman–Crippen LogP) is 2.43. The summed E-state index contributed by atoms with van der Waals surface area (Å²) in [6, 6.07) is 5.38. The summed E-state index contributed by atoms with van der Waals surface area (Å²) >= 11 is 5.90. The summed E-state index contributed by atoms with van der Waals surface area (Å²) in [5, 5.41) is 11.1. The Morgan fingerprint density at radius 3 is 3.06 bits per heavy atom. The molecule has 0 heterocycles. The van der Waals surface area contributed by atoms with Crippen LogP contribution >= 0.6 is 11.6 Å². The number of fused-ring (bicyclic) bond motifs is 1. The van der Waals surface area contributed by atoms with Crippen LogP contribution in [-0.4, -0.2) is 17.7 Å². The molecule has 92 valence electrons. The molecular formula is C13H15ClO3. The van der Waals surface area contributed by atoms with Crippen LogP contribution in [0, 0.1) is 0 Å². The maximum atomic E-state index is 11.5. The van der Waals surface area contributed by atoms with Gasteiger partial charge in [0.15, 0.2) is 0 Å². The number of hydrogen-bond acceptors (Lipinski definition) is 3. The zero-order chi connectivity index (χ0) is 12.5. The Morgan fingerprint density at radius 2 is 2.35 bits per heavy atom. The van der Waals surface area contributed by atoms with Crippen LogP contribution in [0.15, 0.2) is 18.2 Å². The van der Waals surface area contributed by atoms with Crippen molar-refractivity contribution in [3.63, 3.8) is 0 Å². The lowest BCUT2D eigenvalue weighted by molar-refractivity contribution is -0.149. The van der Waals surface area contributed by atoms with Gasteiger partial charge in [0, 0.05) is 5.02 Å². The molecule has 0 bridgehead atoms. The van der Waals surface area contributed by atoms with Gasteiger partial charge in [-0.2, -0.15) is 0 Å². The largest absolute Gasteiger partial charge is 0.466 e. The van der Waals surface area contributed by atoms with Crippen molar-refractivity contribution in [1.29, 1.82) is 0 Å². The highest BCUT2D eigenvalue weighted by Gasteiger charge is 2.39. The quantitative estimate of drug-likeness (QED) is 0.843. The van der Waals surface area contributed by atoms with Gasteiger partial charge in [-0.1, -0.05) is 17.7 Å². The fourth-order valence-corrected chi connectivity index (χ4v) is 2.53. The van der Waals surface area contributed by atoms with Gasteiger partial charge in [-0.25, -0.2) is 0 Å². The van der Waals surface area contributed by atoms with Crippen LogP contribution < -0.4 is 0 Å². The maximum absolute atomic E-state index is 11.5. The summed E-state index contributed by atoms with van der Waals surface area (Å²) in [4.78, 5) is 11.5. The average Bonchev–Trinajstić information content (AvgIpc) is 2.56. The van der Waals surface area contributed by atoms with Gasteiger partial charge < -0.3 is 9.84 Å². The fraction of sp³-hybridized carbons (Fsp3) is 0.462. The molecule has 17 heavy (non-hydrogen) atoms. The van der Waals surface area contributed by atoms with E-state index in [1.807, 2.05) is 6.07 Å². The minimum atomic E-state index is -1.09. The molecule has 3 nitrogen and oxygen atoms in total. The van der Waals surface area contributed by atoms with Crippen molar-refractivity contribution in [3.05, 3.63) is 34.3 Å². The molecule has 1 N–H and O–H groups in total. The van der Waals surface area contributed by atoms with E-state index in [9.17, 15) is 9.90 Å². The molecule has 1 atom stereocenters. The number of carbonyl (C=O) groups excluding carboxylic acids is 1. The Kier molecular flexibility index (Phi) is 3.40. The summed E-state index contributed by atoms with van der Waals surface area (Å²) in [5.74, 6) is -0.363. The van der Waals surface area contributed by atoms with Crippen LogP contribution in [0.25, 0.3) is 0 Å². The molecule has 0 saturated carbocycles. The topological polar surface area (TPSA) is 46.5 Å². The minimum Gasteiger partial charge on any atom is -0.466 e. The monoisotopic (exact) mass is 254 g/mol. The predicted molar refractivity (Wildman–Crippen MR) is 64.9 cm³/mol. The van der Waals surface area contributed by atoms with Crippen molar-refractivity contribution in [2.45, 2.75) is 31.8 Å². The number of esters is 1. The molecule has 2 rings (SSSR count). The first-order valence-corrected chi connectivity index (χ1v) is 6.10. The van der Waals surface area contributed by atoms with Crippen molar-refractivity contribution in [3.8, 4) is 0 Å². The van der Waals surface area contributed by atoms with Crippen LogP contribution in [0.3, 0.4) is 0 Å². The van der Waals surface area contributed by atoms with Gasteiger partial charge in [0.2, 0.25) is 0 Å². The van der Waals surface area contributed by atoms with E-state index in [1.54, 1.807) is 19.1 Å². The number of aliphatic hydroxyl groups is 1. The summed E-state index contributed by atoms with van der Waals surface area (Å²) in [5.41, 5.74) is 0.728. The van der Waals surface area contributed by atoms with Crippen LogP contribution in [0.1, 0.15) is 30.9 Å². The zero-order valence-electron chi connectivity index (χ0n) is 9.70. The van der Waals surface area contributed by atoms with Crippen LogP contribution in [-0.2, 0) is 21.6 Å². The Labute approximate surface area is 105 Å². The minimum absolute atomic E-state index is 0.00940. The van der Waals surface area contributed by atoms with E-state index in [-0.39, 0.29) is 12.4 Å². The molecule has 1 aliphatic carbocycles. The third-order valence-electron chi connectivity index (χ3n) is 3.12. The lowest BCUT2D eigenvalue weighted by atomic mass is 9.92. The van der Waals surface area contributed by atoms with Crippen LogP contribution in [0.5, 0.6) is 0 Å². The number of carbonyl (C=O) groups is 1. The SMILES string of the molecule is CCOC(=O)CC1(O)CCc2cc(Cl)ccc21. The number of ether oxygens (including phenoxy) is 1. The summed E-state index contributed by atoms with van der Waals surface area (Å²) in [7, 11) is 0. The van der Waals surface area contributed by atoms with E-state index in [0.29, 0.717) is 18.1 Å². The Balaban J connectivity index is 2.22. The van der Waals surface area contributed by atoms with E-state index in [4.69, 9.17) is 16.3 Å². The second-order valence-corrected chi connectivity index (χ2v) is 4.75. The van der Waals surface area contributed by atoms with E-state index in [0.717, 1.165) is 17.5 Å². The molecule has 0 aliphatic heterocycles. The number of rotatable bonds is 3. The average molecular weight is 255 g/mol. The molecule has 4 heteroatoms.